The van der Waals surface area contributed by atoms with Gasteiger partial charge in [0.15, 0.2) is 11.5 Å². The van der Waals surface area contributed by atoms with E-state index in [0.717, 1.165) is 24.9 Å². The summed E-state index contributed by atoms with van der Waals surface area (Å²) in [5, 5.41) is 0.412. The maximum Gasteiger partial charge on any atom is 0.254 e. The number of carbonyl (C=O) groups excluding carboxylic acids is 1. The van der Waals surface area contributed by atoms with Crippen LogP contribution in [0.3, 0.4) is 0 Å². The average molecular weight is 345 g/mol. The molecule has 4 rings (SSSR count). The first kappa shape index (κ1) is 15.3. The lowest BCUT2D eigenvalue weighted by Gasteiger charge is -2.26. The Morgan fingerprint density at radius 2 is 2.00 bits per heavy atom. The zero-order chi connectivity index (χ0) is 16.5. The van der Waals surface area contributed by atoms with Crippen molar-refractivity contribution in [3.63, 3.8) is 0 Å². The van der Waals surface area contributed by atoms with Gasteiger partial charge in [-0.2, -0.15) is 0 Å². The maximum atomic E-state index is 13.0. The molecule has 1 amide bonds. The van der Waals surface area contributed by atoms with Gasteiger partial charge in [0.25, 0.3) is 5.91 Å². The summed E-state index contributed by atoms with van der Waals surface area (Å²) in [6.45, 7) is 1.67. The van der Waals surface area contributed by atoms with Crippen LogP contribution in [-0.2, 0) is 0 Å². The minimum atomic E-state index is -0.0341. The van der Waals surface area contributed by atoms with Gasteiger partial charge in [-0.05, 0) is 42.7 Å². The summed E-state index contributed by atoms with van der Waals surface area (Å²) in [7, 11) is 0. The largest absolute Gasteiger partial charge is 0.486 e. The molecule has 1 aromatic heterocycles. The third-order valence-electron chi connectivity index (χ3n) is 4.45. The predicted molar refractivity (Wildman–Crippen MR) is 89.7 cm³/mol. The quantitative estimate of drug-likeness (QED) is 0.837. The summed E-state index contributed by atoms with van der Waals surface area (Å²) >= 11 is 6.27. The highest BCUT2D eigenvalue weighted by Gasteiger charge is 2.31. The number of nitrogens with zero attached hydrogens (tertiary/aromatic N) is 2. The molecule has 2 aliphatic heterocycles. The van der Waals surface area contributed by atoms with E-state index in [0.29, 0.717) is 35.3 Å². The lowest BCUT2D eigenvalue weighted by atomic mass is 10.1. The molecule has 124 valence electrons. The maximum absolute atomic E-state index is 13.0. The van der Waals surface area contributed by atoms with Crippen LogP contribution in [0.25, 0.3) is 0 Å². The smallest absolute Gasteiger partial charge is 0.254 e. The number of hydrogen-bond acceptors (Lipinski definition) is 4. The van der Waals surface area contributed by atoms with Crippen molar-refractivity contribution in [3.05, 3.63) is 52.8 Å². The lowest BCUT2D eigenvalue weighted by molar-refractivity contribution is 0.0734. The summed E-state index contributed by atoms with van der Waals surface area (Å²) < 4.78 is 11.1. The third-order valence-corrected chi connectivity index (χ3v) is 4.73. The first-order chi connectivity index (χ1) is 11.7. The number of hydrogen-bond donors (Lipinski definition) is 0. The molecule has 5 nitrogen and oxygen atoms in total. The molecule has 0 radical (unpaired) electrons. The van der Waals surface area contributed by atoms with Gasteiger partial charge in [0.05, 0.1) is 11.1 Å². The molecule has 1 atom stereocenters. The van der Waals surface area contributed by atoms with Crippen molar-refractivity contribution in [1.29, 1.82) is 0 Å². The van der Waals surface area contributed by atoms with E-state index in [1.165, 1.54) is 0 Å². The van der Waals surface area contributed by atoms with Crippen molar-refractivity contribution >= 4 is 17.5 Å². The monoisotopic (exact) mass is 344 g/mol. The number of likely N-dealkylation sites (tertiary alicyclic amines) is 1. The Morgan fingerprint density at radius 1 is 1.21 bits per heavy atom. The number of pyridine rings is 1. The fourth-order valence-electron chi connectivity index (χ4n) is 3.34. The summed E-state index contributed by atoms with van der Waals surface area (Å²) in [6.07, 6.45) is 5.46. The summed E-state index contributed by atoms with van der Waals surface area (Å²) in [6, 6.07) is 7.40. The van der Waals surface area contributed by atoms with Gasteiger partial charge < -0.3 is 14.4 Å². The Labute approximate surface area is 145 Å². The molecule has 6 heteroatoms. The predicted octanol–water partition coefficient (Wildman–Crippen LogP) is 3.48. The van der Waals surface area contributed by atoms with Crippen molar-refractivity contribution < 1.29 is 14.3 Å². The van der Waals surface area contributed by atoms with E-state index in [4.69, 9.17) is 21.1 Å². The van der Waals surface area contributed by atoms with Gasteiger partial charge in [-0.15, -0.1) is 0 Å². The van der Waals surface area contributed by atoms with Gasteiger partial charge in [0, 0.05) is 24.5 Å². The van der Waals surface area contributed by atoms with E-state index in [-0.39, 0.29) is 11.9 Å². The summed E-state index contributed by atoms with van der Waals surface area (Å²) in [4.78, 5) is 19.0. The van der Waals surface area contributed by atoms with Gasteiger partial charge in [0.1, 0.15) is 13.2 Å². The molecular formula is C18H17ClN2O3. The zero-order valence-corrected chi connectivity index (χ0v) is 13.8. The molecule has 1 saturated heterocycles. The number of carbonyl (C=O) groups is 1. The van der Waals surface area contributed by atoms with E-state index >= 15 is 0 Å². The van der Waals surface area contributed by atoms with Crippen LogP contribution in [0, 0.1) is 0 Å². The van der Waals surface area contributed by atoms with E-state index in [9.17, 15) is 4.79 Å². The van der Waals surface area contributed by atoms with Crippen molar-refractivity contribution in [2.45, 2.75) is 18.9 Å². The molecule has 0 bridgehead atoms. The highest BCUT2D eigenvalue weighted by molar-refractivity contribution is 6.32. The van der Waals surface area contributed by atoms with Crippen LogP contribution in [0.4, 0.5) is 0 Å². The van der Waals surface area contributed by atoms with E-state index in [1.807, 2.05) is 17.0 Å². The van der Waals surface area contributed by atoms with Crippen molar-refractivity contribution in [1.82, 2.24) is 9.88 Å². The molecule has 0 saturated carbocycles. The zero-order valence-electron chi connectivity index (χ0n) is 13.1. The van der Waals surface area contributed by atoms with Crippen LogP contribution in [0.15, 0.2) is 36.7 Å². The van der Waals surface area contributed by atoms with Crippen molar-refractivity contribution in [2.24, 2.45) is 0 Å². The second-order valence-electron chi connectivity index (χ2n) is 5.92. The Hall–Kier alpha value is -2.27. The number of aromatic nitrogens is 1. The van der Waals surface area contributed by atoms with Crippen LogP contribution in [-0.4, -0.2) is 35.5 Å². The molecule has 0 aliphatic carbocycles. The first-order valence-corrected chi connectivity index (χ1v) is 8.42. The Morgan fingerprint density at radius 3 is 2.83 bits per heavy atom. The molecule has 3 heterocycles. The number of rotatable bonds is 2. The number of ether oxygens (including phenoxy) is 2. The molecule has 2 aromatic rings. The molecule has 0 spiro atoms. The Kier molecular flexibility index (Phi) is 4.02. The average Bonchev–Trinajstić information content (AvgIpc) is 3.11. The van der Waals surface area contributed by atoms with E-state index in [2.05, 4.69) is 4.98 Å². The molecule has 2 aliphatic rings. The van der Waals surface area contributed by atoms with E-state index in [1.54, 1.807) is 24.5 Å². The Bertz CT molecular complexity index is 766. The topological polar surface area (TPSA) is 51.7 Å². The first-order valence-electron chi connectivity index (χ1n) is 8.04. The lowest BCUT2D eigenvalue weighted by Crippen LogP contribution is -2.30. The third kappa shape index (κ3) is 2.69. The molecule has 24 heavy (non-hydrogen) atoms. The van der Waals surface area contributed by atoms with Crippen molar-refractivity contribution in [2.75, 3.05) is 19.8 Å². The Balaban J connectivity index is 1.65. The van der Waals surface area contributed by atoms with Gasteiger partial charge in [-0.25, -0.2) is 0 Å². The normalized spacial score (nSPS) is 19.4. The van der Waals surface area contributed by atoms with Crippen LogP contribution < -0.4 is 9.47 Å². The van der Waals surface area contributed by atoms with Gasteiger partial charge >= 0.3 is 0 Å². The minimum Gasteiger partial charge on any atom is -0.486 e. The molecular weight excluding hydrogens is 328 g/mol. The number of amides is 1. The fraction of sp³-hybridized carbons (Fsp3) is 0.333. The minimum absolute atomic E-state index is 0.0341. The number of halogens is 1. The highest BCUT2D eigenvalue weighted by atomic mass is 35.5. The summed E-state index contributed by atoms with van der Waals surface area (Å²) in [5.74, 6) is 1.02. The second kappa shape index (κ2) is 6.32. The molecule has 1 unspecified atom stereocenters. The molecule has 0 N–H and O–H groups in total. The fourth-order valence-corrected chi connectivity index (χ4v) is 3.61. The van der Waals surface area contributed by atoms with Crippen LogP contribution in [0.5, 0.6) is 11.5 Å². The van der Waals surface area contributed by atoms with Crippen LogP contribution in [0.2, 0.25) is 5.02 Å². The van der Waals surface area contributed by atoms with Gasteiger partial charge in [-0.1, -0.05) is 11.6 Å². The van der Waals surface area contributed by atoms with Crippen LogP contribution in [0.1, 0.15) is 34.8 Å². The van der Waals surface area contributed by atoms with Crippen LogP contribution >= 0.6 is 11.6 Å². The highest BCUT2D eigenvalue weighted by Crippen LogP contribution is 2.40. The van der Waals surface area contributed by atoms with Crippen molar-refractivity contribution in [3.8, 4) is 11.5 Å². The molecule has 1 fully saturated rings. The second-order valence-corrected chi connectivity index (χ2v) is 6.33. The SMILES string of the molecule is O=C(c1cc(Cl)c2c(c1)OCCO2)N1CCCC1c1ccncc1. The van der Waals surface area contributed by atoms with E-state index < -0.39 is 0 Å². The summed E-state index contributed by atoms with van der Waals surface area (Å²) in [5.41, 5.74) is 1.64. The standard InChI is InChI=1S/C18H17ClN2O3/c19-14-10-13(11-16-17(14)24-9-8-23-16)18(22)21-7-1-2-15(21)12-3-5-20-6-4-12/h3-6,10-11,15H,1-2,7-9H2. The number of fused-ring (bicyclic) bond motifs is 1. The van der Waals surface area contributed by atoms with Gasteiger partial charge in [0.2, 0.25) is 0 Å². The van der Waals surface area contributed by atoms with Gasteiger partial charge in [-0.3, -0.25) is 9.78 Å². The molecule has 1 aromatic carbocycles. The number of benzene rings is 1.